The van der Waals surface area contributed by atoms with Crippen LogP contribution in [0.1, 0.15) is 6.42 Å². The molecule has 0 saturated carbocycles. The number of rotatable bonds is 8. The van der Waals surface area contributed by atoms with Crippen LogP contribution in [-0.2, 0) is 19.1 Å². The summed E-state index contributed by atoms with van der Waals surface area (Å²) in [6.07, 6.45) is 1.61. The number of carbonyl (C=O) groups is 2. The number of methoxy groups -OCH3 is 2. The second kappa shape index (κ2) is 8.52. The average Bonchev–Trinajstić information content (AvgIpc) is 2.57. The average molecular weight is 322 g/mol. The third-order valence-electron chi connectivity index (χ3n) is 3.18. The summed E-state index contributed by atoms with van der Waals surface area (Å²) in [5.41, 5.74) is 0.557. The third kappa shape index (κ3) is 5.10. The van der Waals surface area contributed by atoms with Gasteiger partial charge in [0.1, 0.15) is 0 Å². The Hall–Kier alpha value is -2.90. The lowest BCUT2D eigenvalue weighted by molar-refractivity contribution is -0.384. The number of ether oxygens (including phenoxy) is 2. The first-order chi connectivity index (χ1) is 10.9. The molecule has 0 saturated heterocycles. The highest BCUT2D eigenvalue weighted by Crippen LogP contribution is 2.19. The first kappa shape index (κ1) is 18.1. The number of nitrogens with zero attached hydrogens (tertiary/aromatic N) is 1. The van der Waals surface area contributed by atoms with E-state index in [2.05, 4.69) is 21.4 Å². The van der Waals surface area contributed by atoms with Gasteiger partial charge in [-0.15, -0.1) is 6.58 Å². The van der Waals surface area contributed by atoms with Gasteiger partial charge in [0.25, 0.3) is 5.69 Å². The Morgan fingerprint density at radius 1 is 1.26 bits per heavy atom. The molecule has 0 amide bonds. The van der Waals surface area contributed by atoms with E-state index in [-0.39, 0.29) is 12.1 Å². The van der Waals surface area contributed by atoms with Crippen LogP contribution in [0, 0.1) is 16.0 Å². The number of hydrogen-bond acceptors (Lipinski definition) is 7. The van der Waals surface area contributed by atoms with Gasteiger partial charge in [-0.3, -0.25) is 19.7 Å². The summed E-state index contributed by atoms with van der Waals surface area (Å²) in [5, 5.41) is 13.6. The number of nitro benzene ring substituents is 1. The van der Waals surface area contributed by atoms with Gasteiger partial charge in [-0.25, -0.2) is 0 Å². The number of esters is 2. The molecule has 0 heterocycles. The van der Waals surface area contributed by atoms with Crippen LogP contribution in [0.4, 0.5) is 11.4 Å². The molecule has 1 rings (SSSR count). The van der Waals surface area contributed by atoms with E-state index in [0.29, 0.717) is 5.69 Å². The van der Waals surface area contributed by atoms with E-state index in [9.17, 15) is 19.7 Å². The number of non-ortho nitro benzene ring substituents is 1. The highest BCUT2D eigenvalue weighted by Gasteiger charge is 2.30. The second-order valence-electron chi connectivity index (χ2n) is 4.63. The number of carbonyl (C=O) groups excluding carboxylic acids is 2. The van der Waals surface area contributed by atoms with E-state index in [1.54, 1.807) is 0 Å². The molecule has 1 unspecified atom stereocenters. The summed E-state index contributed by atoms with van der Waals surface area (Å²) in [6.45, 7) is 3.65. The summed E-state index contributed by atoms with van der Waals surface area (Å²) in [4.78, 5) is 33.5. The van der Waals surface area contributed by atoms with Gasteiger partial charge in [0.15, 0.2) is 5.92 Å². The molecule has 1 aromatic carbocycles. The van der Waals surface area contributed by atoms with E-state index in [4.69, 9.17) is 0 Å². The molecule has 0 spiro atoms. The summed E-state index contributed by atoms with van der Waals surface area (Å²) in [6, 6.07) is 5.32. The molecule has 0 aromatic heterocycles. The van der Waals surface area contributed by atoms with Crippen LogP contribution >= 0.6 is 0 Å². The molecule has 0 radical (unpaired) electrons. The predicted molar refractivity (Wildman–Crippen MR) is 82.8 cm³/mol. The molecule has 23 heavy (non-hydrogen) atoms. The Labute approximate surface area is 133 Å². The number of nitro groups is 1. The van der Waals surface area contributed by atoms with Crippen molar-refractivity contribution in [2.45, 2.75) is 12.5 Å². The summed E-state index contributed by atoms with van der Waals surface area (Å²) in [5.74, 6) is -2.48. The zero-order chi connectivity index (χ0) is 17.4. The molecular weight excluding hydrogens is 304 g/mol. The maximum Gasteiger partial charge on any atom is 0.320 e. The summed E-state index contributed by atoms with van der Waals surface area (Å²) >= 11 is 0. The van der Waals surface area contributed by atoms with Crippen LogP contribution in [0.2, 0.25) is 0 Å². The van der Waals surface area contributed by atoms with Crippen molar-refractivity contribution in [2.24, 2.45) is 5.92 Å². The molecule has 8 nitrogen and oxygen atoms in total. The van der Waals surface area contributed by atoms with Crippen molar-refractivity contribution in [3.8, 4) is 0 Å². The van der Waals surface area contributed by atoms with Crippen molar-refractivity contribution in [2.75, 3.05) is 19.5 Å². The fourth-order valence-electron chi connectivity index (χ4n) is 1.93. The van der Waals surface area contributed by atoms with E-state index < -0.39 is 28.8 Å². The molecule has 0 fully saturated rings. The smallest absolute Gasteiger partial charge is 0.320 e. The molecule has 0 bridgehead atoms. The van der Waals surface area contributed by atoms with Crippen molar-refractivity contribution >= 4 is 23.3 Å². The summed E-state index contributed by atoms with van der Waals surface area (Å²) in [7, 11) is 2.37. The van der Waals surface area contributed by atoms with Crippen LogP contribution in [0.5, 0.6) is 0 Å². The highest BCUT2D eigenvalue weighted by atomic mass is 16.6. The fourth-order valence-corrected chi connectivity index (χ4v) is 1.93. The lowest BCUT2D eigenvalue weighted by Crippen LogP contribution is -2.32. The second-order valence-corrected chi connectivity index (χ2v) is 4.63. The van der Waals surface area contributed by atoms with Gasteiger partial charge >= 0.3 is 11.9 Å². The van der Waals surface area contributed by atoms with Crippen molar-refractivity contribution < 1.29 is 24.0 Å². The van der Waals surface area contributed by atoms with Gasteiger partial charge in [-0.05, 0) is 18.6 Å². The van der Waals surface area contributed by atoms with Gasteiger partial charge in [0.2, 0.25) is 0 Å². The van der Waals surface area contributed by atoms with Crippen LogP contribution < -0.4 is 5.32 Å². The first-order valence-electron chi connectivity index (χ1n) is 6.72. The monoisotopic (exact) mass is 322 g/mol. The van der Waals surface area contributed by atoms with Crippen molar-refractivity contribution in [1.82, 2.24) is 0 Å². The molecule has 1 atom stereocenters. The maximum atomic E-state index is 11.7. The lowest BCUT2D eigenvalue weighted by Gasteiger charge is -2.20. The zero-order valence-electron chi connectivity index (χ0n) is 12.9. The molecule has 0 aliphatic heterocycles. The number of benzene rings is 1. The van der Waals surface area contributed by atoms with Gasteiger partial charge in [-0.1, -0.05) is 6.08 Å². The van der Waals surface area contributed by atoms with E-state index in [1.165, 1.54) is 44.6 Å². The quantitative estimate of drug-likeness (QED) is 0.256. The molecule has 8 heteroatoms. The molecule has 1 aromatic rings. The third-order valence-corrected chi connectivity index (χ3v) is 3.18. The Morgan fingerprint density at radius 3 is 2.17 bits per heavy atom. The van der Waals surface area contributed by atoms with Gasteiger partial charge in [0.05, 0.1) is 19.1 Å². The van der Waals surface area contributed by atoms with Crippen LogP contribution in [0.3, 0.4) is 0 Å². The molecular formula is C15H18N2O6. The molecule has 0 aliphatic rings. The number of anilines is 1. The summed E-state index contributed by atoms with van der Waals surface area (Å²) < 4.78 is 9.19. The predicted octanol–water partition coefficient (Wildman–Crippen LogP) is 1.91. The van der Waals surface area contributed by atoms with E-state index in [1.807, 2.05) is 0 Å². The molecule has 124 valence electrons. The Morgan fingerprint density at radius 2 is 1.78 bits per heavy atom. The zero-order valence-corrected chi connectivity index (χ0v) is 12.9. The highest BCUT2D eigenvalue weighted by molar-refractivity contribution is 5.94. The SMILES string of the molecule is C=CC(CC(C(=O)OC)C(=O)OC)Nc1ccc([N+](=O)[O-])cc1. The van der Waals surface area contributed by atoms with E-state index >= 15 is 0 Å². The number of nitrogens with one attached hydrogen (secondary N) is 1. The molecule has 1 N–H and O–H groups in total. The fraction of sp³-hybridized carbons (Fsp3) is 0.333. The first-order valence-corrected chi connectivity index (χ1v) is 6.72. The molecule has 0 aliphatic carbocycles. The van der Waals surface area contributed by atoms with Gasteiger partial charge in [-0.2, -0.15) is 0 Å². The van der Waals surface area contributed by atoms with Crippen LogP contribution in [-0.4, -0.2) is 37.1 Å². The van der Waals surface area contributed by atoms with Crippen molar-refractivity contribution in [3.05, 3.63) is 47.0 Å². The minimum absolute atomic E-state index is 0.0345. The minimum atomic E-state index is -1.08. The van der Waals surface area contributed by atoms with Gasteiger partial charge in [0, 0.05) is 23.9 Å². The van der Waals surface area contributed by atoms with Crippen LogP contribution in [0.15, 0.2) is 36.9 Å². The Balaban J connectivity index is 2.82. The van der Waals surface area contributed by atoms with E-state index in [0.717, 1.165) is 0 Å². The minimum Gasteiger partial charge on any atom is -0.468 e. The standard InChI is InChI=1S/C15H18N2O6/c1-4-10(9-13(14(18)22-2)15(19)23-3)16-11-5-7-12(8-6-11)17(20)21/h4-8,10,13,16H,1,9H2,2-3H3. The maximum absolute atomic E-state index is 11.7. The van der Waals surface area contributed by atoms with Crippen LogP contribution in [0.25, 0.3) is 0 Å². The van der Waals surface area contributed by atoms with Gasteiger partial charge < -0.3 is 14.8 Å². The van der Waals surface area contributed by atoms with Crippen molar-refractivity contribution in [3.63, 3.8) is 0 Å². The Bertz CT molecular complexity index is 568. The normalized spacial score (nSPS) is 11.4. The Kier molecular flexibility index (Phi) is 6.72. The topological polar surface area (TPSA) is 108 Å². The van der Waals surface area contributed by atoms with Crippen molar-refractivity contribution in [1.29, 1.82) is 0 Å². The number of hydrogen-bond donors (Lipinski definition) is 1. The lowest BCUT2D eigenvalue weighted by atomic mass is 9.99. The largest absolute Gasteiger partial charge is 0.468 e.